The lowest BCUT2D eigenvalue weighted by Gasteiger charge is -2.17. The lowest BCUT2D eigenvalue weighted by atomic mass is 10.3. The lowest BCUT2D eigenvalue weighted by Crippen LogP contribution is -2.31. The van der Waals surface area contributed by atoms with E-state index in [9.17, 15) is 4.79 Å². The Labute approximate surface area is 128 Å². The molecule has 0 aliphatic carbocycles. The molecule has 1 N–H and O–H groups in total. The van der Waals surface area contributed by atoms with E-state index in [4.69, 9.17) is 16.3 Å². The largest absolute Gasteiger partial charge is 0.479 e. The fraction of sp³-hybridized carbons (Fsp3) is 0.333. The molecule has 1 aromatic heterocycles. The van der Waals surface area contributed by atoms with Gasteiger partial charge in [0.15, 0.2) is 6.10 Å². The molecule has 0 spiro atoms. The van der Waals surface area contributed by atoms with Crippen molar-refractivity contribution in [1.82, 2.24) is 9.78 Å². The average Bonchev–Trinajstić information content (AvgIpc) is 2.89. The molecular formula is C15H18ClN3O2. The summed E-state index contributed by atoms with van der Waals surface area (Å²) in [6.45, 7) is 5.66. The zero-order valence-electron chi connectivity index (χ0n) is 12.2. The van der Waals surface area contributed by atoms with Crippen LogP contribution in [-0.2, 0) is 4.79 Å². The minimum absolute atomic E-state index is 0.162. The van der Waals surface area contributed by atoms with Crippen LogP contribution in [0.1, 0.15) is 26.8 Å². The van der Waals surface area contributed by atoms with Crippen LogP contribution in [0.3, 0.4) is 0 Å². The Morgan fingerprint density at radius 1 is 1.29 bits per heavy atom. The van der Waals surface area contributed by atoms with E-state index >= 15 is 0 Å². The molecule has 0 unspecified atom stereocenters. The van der Waals surface area contributed by atoms with Gasteiger partial charge in [-0.25, -0.2) is 4.68 Å². The van der Waals surface area contributed by atoms with Gasteiger partial charge in [0.05, 0.1) is 11.2 Å². The predicted molar refractivity (Wildman–Crippen MR) is 82.8 cm³/mol. The summed E-state index contributed by atoms with van der Waals surface area (Å²) in [7, 11) is 0. The van der Waals surface area contributed by atoms with Crippen LogP contribution in [0, 0.1) is 0 Å². The Morgan fingerprint density at radius 3 is 2.67 bits per heavy atom. The molecule has 1 aromatic carbocycles. The maximum atomic E-state index is 12.2. The molecule has 2 rings (SSSR count). The summed E-state index contributed by atoms with van der Waals surface area (Å²) in [6, 6.07) is 8.97. The molecule has 1 heterocycles. The SMILES string of the molecule is CC(C)n1nccc1NC(=O)[C@H](C)Oc1ccccc1Cl. The molecule has 0 radical (unpaired) electrons. The number of nitrogens with one attached hydrogen (secondary N) is 1. The second-order valence-corrected chi connectivity index (χ2v) is 5.34. The summed E-state index contributed by atoms with van der Waals surface area (Å²) in [5.74, 6) is 0.876. The van der Waals surface area contributed by atoms with Gasteiger partial charge < -0.3 is 10.1 Å². The number of hydrogen-bond donors (Lipinski definition) is 1. The Hall–Kier alpha value is -2.01. The number of carbonyl (C=O) groups excluding carboxylic acids is 1. The number of rotatable bonds is 5. The number of para-hydroxylation sites is 1. The molecule has 112 valence electrons. The fourth-order valence-electron chi connectivity index (χ4n) is 1.84. The van der Waals surface area contributed by atoms with Crippen molar-refractivity contribution in [3.8, 4) is 5.75 Å². The van der Waals surface area contributed by atoms with Gasteiger partial charge in [-0.2, -0.15) is 5.10 Å². The number of nitrogens with zero attached hydrogens (tertiary/aromatic N) is 2. The zero-order chi connectivity index (χ0) is 15.4. The molecule has 6 heteroatoms. The van der Waals surface area contributed by atoms with Crippen molar-refractivity contribution in [2.45, 2.75) is 32.9 Å². The number of hydrogen-bond acceptors (Lipinski definition) is 3. The topological polar surface area (TPSA) is 56.2 Å². The van der Waals surface area contributed by atoms with E-state index in [-0.39, 0.29) is 11.9 Å². The molecule has 1 atom stereocenters. The Morgan fingerprint density at radius 2 is 2.00 bits per heavy atom. The first kappa shape index (κ1) is 15.4. The van der Waals surface area contributed by atoms with Gasteiger partial charge in [-0.05, 0) is 32.9 Å². The molecule has 0 bridgehead atoms. The van der Waals surface area contributed by atoms with Crippen LogP contribution in [0.4, 0.5) is 5.82 Å². The van der Waals surface area contributed by atoms with E-state index in [1.807, 2.05) is 13.8 Å². The first-order valence-corrected chi connectivity index (χ1v) is 7.12. The third-order valence-corrected chi connectivity index (χ3v) is 3.23. The Bertz CT molecular complexity index is 625. The molecule has 0 saturated heterocycles. The van der Waals surface area contributed by atoms with Crippen molar-refractivity contribution in [2.75, 3.05) is 5.32 Å². The fourth-order valence-corrected chi connectivity index (χ4v) is 2.02. The number of benzene rings is 1. The van der Waals surface area contributed by atoms with E-state index in [1.54, 1.807) is 48.1 Å². The van der Waals surface area contributed by atoms with Crippen molar-refractivity contribution < 1.29 is 9.53 Å². The van der Waals surface area contributed by atoms with Crippen LogP contribution in [0.2, 0.25) is 5.02 Å². The van der Waals surface area contributed by atoms with E-state index in [1.165, 1.54) is 0 Å². The average molecular weight is 308 g/mol. The highest BCUT2D eigenvalue weighted by molar-refractivity contribution is 6.32. The maximum absolute atomic E-state index is 12.2. The van der Waals surface area contributed by atoms with Crippen LogP contribution in [0.5, 0.6) is 5.75 Å². The second kappa shape index (κ2) is 6.63. The van der Waals surface area contributed by atoms with E-state index in [0.29, 0.717) is 16.6 Å². The van der Waals surface area contributed by atoms with Gasteiger partial charge in [-0.1, -0.05) is 23.7 Å². The van der Waals surface area contributed by atoms with Crippen LogP contribution in [0.25, 0.3) is 0 Å². The number of amides is 1. The second-order valence-electron chi connectivity index (χ2n) is 4.93. The monoisotopic (exact) mass is 307 g/mol. The third kappa shape index (κ3) is 3.76. The zero-order valence-corrected chi connectivity index (χ0v) is 13.0. The highest BCUT2D eigenvalue weighted by atomic mass is 35.5. The van der Waals surface area contributed by atoms with Crippen molar-refractivity contribution in [2.24, 2.45) is 0 Å². The van der Waals surface area contributed by atoms with Gasteiger partial charge in [0.2, 0.25) is 0 Å². The number of carbonyl (C=O) groups is 1. The minimum atomic E-state index is -0.666. The first-order chi connectivity index (χ1) is 9.99. The summed E-state index contributed by atoms with van der Waals surface area (Å²) in [5.41, 5.74) is 0. The number of ether oxygens (including phenoxy) is 1. The van der Waals surface area contributed by atoms with Crippen LogP contribution in [0.15, 0.2) is 36.5 Å². The standard InChI is InChI=1S/C15H18ClN3O2/c1-10(2)19-14(8-9-17-19)18-15(20)11(3)21-13-7-5-4-6-12(13)16/h4-11H,1-3H3,(H,18,20)/t11-/m0/s1. The quantitative estimate of drug-likeness (QED) is 0.919. The summed E-state index contributed by atoms with van der Waals surface area (Å²) in [6.07, 6.45) is 0.982. The summed E-state index contributed by atoms with van der Waals surface area (Å²) >= 11 is 6.01. The van der Waals surface area contributed by atoms with Gasteiger partial charge in [-0.3, -0.25) is 4.79 Å². The molecule has 0 fully saturated rings. The Balaban J connectivity index is 2.03. The van der Waals surface area contributed by atoms with Crippen LogP contribution >= 0.6 is 11.6 Å². The van der Waals surface area contributed by atoms with Crippen LogP contribution < -0.4 is 10.1 Å². The highest BCUT2D eigenvalue weighted by Gasteiger charge is 2.18. The summed E-state index contributed by atoms with van der Waals surface area (Å²) < 4.78 is 7.32. The van der Waals surface area contributed by atoms with Gasteiger partial charge in [-0.15, -0.1) is 0 Å². The van der Waals surface area contributed by atoms with Gasteiger partial charge in [0.1, 0.15) is 11.6 Å². The van der Waals surface area contributed by atoms with Crippen LogP contribution in [-0.4, -0.2) is 21.8 Å². The maximum Gasteiger partial charge on any atom is 0.266 e. The van der Waals surface area contributed by atoms with Crippen molar-refractivity contribution >= 4 is 23.3 Å². The molecule has 2 aromatic rings. The first-order valence-electron chi connectivity index (χ1n) is 6.74. The van der Waals surface area contributed by atoms with E-state index in [0.717, 1.165) is 0 Å². The van der Waals surface area contributed by atoms with Gasteiger partial charge in [0, 0.05) is 12.1 Å². The molecule has 0 aliphatic heterocycles. The van der Waals surface area contributed by atoms with E-state index in [2.05, 4.69) is 10.4 Å². The van der Waals surface area contributed by atoms with Crippen molar-refractivity contribution in [3.63, 3.8) is 0 Å². The molecule has 21 heavy (non-hydrogen) atoms. The summed E-state index contributed by atoms with van der Waals surface area (Å²) in [4.78, 5) is 12.2. The highest BCUT2D eigenvalue weighted by Crippen LogP contribution is 2.24. The molecule has 0 saturated carbocycles. The Kier molecular flexibility index (Phi) is 4.85. The van der Waals surface area contributed by atoms with Gasteiger partial charge >= 0.3 is 0 Å². The third-order valence-electron chi connectivity index (χ3n) is 2.92. The number of aromatic nitrogens is 2. The number of halogens is 1. The molecule has 0 aliphatic rings. The van der Waals surface area contributed by atoms with E-state index < -0.39 is 6.10 Å². The lowest BCUT2D eigenvalue weighted by molar-refractivity contribution is -0.122. The van der Waals surface area contributed by atoms with Crippen molar-refractivity contribution in [3.05, 3.63) is 41.6 Å². The van der Waals surface area contributed by atoms with Crippen molar-refractivity contribution in [1.29, 1.82) is 0 Å². The summed E-state index contributed by atoms with van der Waals surface area (Å²) in [5, 5.41) is 7.45. The molecule has 5 nitrogen and oxygen atoms in total. The normalized spacial score (nSPS) is 12.2. The predicted octanol–water partition coefficient (Wildman–Crippen LogP) is 3.52. The minimum Gasteiger partial charge on any atom is -0.479 e. The molecular weight excluding hydrogens is 290 g/mol. The van der Waals surface area contributed by atoms with Gasteiger partial charge in [0.25, 0.3) is 5.91 Å². The number of anilines is 1. The smallest absolute Gasteiger partial charge is 0.266 e. The molecule has 1 amide bonds.